The van der Waals surface area contributed by atoms with Crippen LogP contribution in [0.3, 0.4) is 0 Å². The molecule has 94 valence electrons. The van der Waals surface area contributed by atoms with Crippen LogP contribution in [-0.4, -0.2) is 24.2 Å². The van der Waals surface area contributed by atoms with Gasteiger partial charge < -0.3 is 10.4 Å². The largest absolute Gasteiger partial charge is 0.396 e. The van der Waals surface area contributed by atoms with Crippen LogP contribution in [0.1, 0.15) is 52.4 Å². The Bertz CT molecular complexity index is 226. The summed E-state index contributed by atoms with van der Waals surface area (Å²) in [6, 6.07) is 0. The molecule has 16 heavy (non-hydrogen) atoms. The van der Waals surface area contributed by atoms with E-state index in [0.29, 0.717) is 0 Å². The lowest BCUT2D eigenvalue weighted by Crippen LogP contribution is -2.36. The second kappa shape index (κ2) is 6.24. The van der Waals surface area contributed by atoms with Crippen molar-refractivity contribution < 1.29 is 9.90 Å². The molecule has 1 unspecified atom stereocenters. The summed E-state index contributed by atoms with van der Waals surface area (Å²) < 4.78 is 0. The molecule has 1 rings (SSSR count). The molecule has 0 spiro atoms. The molecule has 0 heterocycles. The highest BCUT2D eigenvalue weighted by Gasteiger charge is 2.38. The molecule has 0 saturated heterocycles. The van der Waals surface area contributed by atoms with Gasteiger partial charge in [-0.1, -0.05) is 20.3 Å². The van der Waals surface area contributed by atoms with E-state index in [2.05, 4.69) is 19.2 Å². The highest BCUT2D eigenvalue weighted by molar-refractivity contribution is 5.79. The van der Waals surface area contributed by atoms with E-state index in [9.17, 15) is 4.79 Å². The first-order valence-electron chi connectivity index (χ1n) is 6.46. The zero-order valence-electron chi connectivity index (χ0n) is 10.6. The molecule has 0 aromatic carbocycles. The van der Waals surface area contributed by atoms with Crippen LogP contribution in [-0.2, 0) is 4.79 Å². The predicted molar refractivity (Wildman–Crippen MR) is 65.1 cm³/mol. The number of hydrogen-bond acceptors (Lipinski definition) is 2. The zero-order valence-corrected chi connectivity index (χ0v) is 10.6. The average molecular weight is 227 g/mol. The first kappa shape index (κ1) is 13.5. The minimum Gasteiger partial charge on any atom is -0.396 e. The van der Waals surface area contributed by atoms with Gasteiger partial charge >= 0.3 is 0 Å². The normalized spacial score (nSPS) is 23.3. The van der Waals surface area contributed by atoms with Gasteiger partial charge in [0, 0.05) is 19.1 Å². The fourth-order valence-electron chi connectivity index (χ4n) is 2.56. The van der Waals surface area contributed by atoms with E-state index >= 15 is 0 Å². The molecule has 1 saturated carbocycles. The fraction of sp³-hybridized carbons (Fsp3) is 0.923. The lowest BCUT2D eigenvalue weighted by atomic mass is 9.81. The Kier molecular flexibility index (Phi) is 5.26. The number of unbranched alkanes of at least 4 members (excludes halogenated alkanes) is 2. The van der Waals surface area contributed by atoms with E-state index in [1.807, 2.05) is 0 Å². The second-order valence-electron chi connectivity index (χ2n) is 5.51. The van der Waals surface area contributed by atoms with Gasteiger partial charge in [-0.25, -0.2) is 0 Å². The average Bonchev–Trinajstić information content (AvgIpc) is 2.57. The van der Waals surface area contributed by atoms with Crippen molar-refractivity contribution in [3.05, 3.63) is 0 Å². The van der Waals surface area contributed by atoms with Crippen LogP contribution in [0.4, 0.5) is 0 Å². The Balaban J connectivity index is 2.20. The molecule has 0 aromatic rings. The van der Waals surface area contributed by atoms with Gasteiger partial charge in [0.15, 0.2) is 0 Å². The fourth-order valence-corrected chi connectivity index (χ4v) is 2.56. The van der Waals surface area contributed by atoms with Gasteiger partial charge in [0.2, 0.25) is 5.91 Å². The van der Waals surface area contributed by atoms with Gasteiger partial charge in [0.1, 0.15) is 0 Å². The minimum absolute atomic E-state index is 0.176. The van der Waals surface area contributed by atoms with E-state index in [1.54, 1.807) is 0 Å². The number of rotatable bonds is 6. The smallest absolute Gasteiger partial charge is 0.223 e. The lowest BCUT2D eigenvalue weighted by Gasteiger charge is -2.25. The molecule has 1 amide bonds. The number of carbonyl (C=O) groups excluding carboxylic acids is 1. The quantitative estimate of drug-likeness (QED) is 0.683. The summed E-state index contributed by atoms with van der Waals surface area (Å²) in [4.78, 5) is 11.9. The Morgan fingerprint density at radius 3 is 2.69 bits per heavy atom. The minimum atomic E-state index is 0.176. The summed E-state index contributed by atoms with van der Waals surface area (Å²) in [5, 5.41) is 11.6. The van der Waals surface area contributed by atoms with Gasteiger partial charge in [-0.3, -0.25) is 4.79 Å². The summed E-state index contributed by atoms with van der Waals surface area (Å²) >= 11 is 0. The summed E-state index contributed by atoms with van der Waals surface area (Å²) in [5.74, 6) is 0.428. The van der Waals surface area contributed by atoms with Crippen molar-refractivity contribution in [1.29, 1.82) is 0 Å². The third kappa shape index (κ3) is 3.78. The number of hydrogen-bond donors (Lipinski definition) is 2. The maximum Gasteiger partial charge on any atom is 0.223 e. The number of amides is 1. The van der Waals surface area contributed by atoms with E-state index in [0.717, 1.165) is 38.6 Å². The highest BCUT2D eigenvalue weighted by Crippen LogP contribution is 2.42. The topological polar surface area (TPSA) is 49.3 Å². The Labute approximate surface area is 98.6 Å². The molecule has 1 aliphatic rings. The number of carbonyl (C=O) groups is 1. The van der Waals surface area contributed by atoms with Gasteiger partial charge in [-0.2, -0.15) is 0 Å². The van der Waals surface area contributed by atoms with Gasteiger partial charge in [-0.15, -0.1) is 0 Å². The van der Waals surface area contributed by atoms with E-state index in [4.69, 9.17) is 5.11 Å². The highest BCUT2D eigenvalue weighted by atomic mass is 16.2. The standard InChI is InChI=1S/C13H25NO2/c1-13(2)8-6-7-11(13)12(16)14-9-4-3-5-10-15/h11,15H,3-10H2,1-2H3,(H,14,16). The van der Waals surface area contributed by atoms with Crippen molar-refractivity contribution in [3.8, 4) is 0 Å². The van der Waals surface area contributed by atoms with E-state index in [1.165, 1.54) is 6.42 Å². The maximum atomic E-state index is 11.9. The summed E-state index contributed by atoms with van der Waals surface area (Å²) in [5.41, 5.74) is 0.176. The van der Waals surface area contributed by atoms with Crippen LogP contribution in [0.2, 0.25) is 0 Å². The van der Waals surface area contributed by atoms with Crippen molar-refractivity contribution in [2.75, 3.05) is 13.2 Å². The lowest BCUT2D eigenvalue weighted by molar-refractivity contribution is -0.127. The molecular weight excluding hydrogens is 202 g/mol. The van der Waals surface area contributed by atoms with E-state index in [-0.39, 0.29) is 23.8 Å². The summed E-state index contributed by atoms with van der Waals surface area (Å²) in [7, 11) is 0. The van der Waals surface area contributed by atoms with Gasteiger partial charge in [0.25, 0.3) is 0 Å². The zero-order chi connectivity index (χ0) is 12.0. The summed E-state index contributed by atoms with van der Waals surface area (Å²) in [6.07, 6.45) is 6.18. The Hall–Kier alpha value is -0.570. The SMILES string of the molecule is CC1(C)CCCC1C(=O)NCCCCCO. The van der Waals surface area contributed by atoms with Crippen LogP contribution in [0.15, 0.2) is 0 Å². The molecule has 0 bridgehead atoms. The van der Waals surface area contributed by atoms with Crippen LogP contribution >= 0.6 is 0 Å². The first-order valence-corrected chi connectivity index (χ1v) is 6.46. The molecular formula is C13H25NO2. The second-order valence-corrected chi connectivity index (χ2v) is 5.51. The van der Waals surface area contributed by atoms with Crippen molar-refractivity contribution in [1.82, 2.24) is 5.32 Å². The molecule has 1 atom stereocenters. The summed E-state index contributed by atoms with van der Waals surface area (Å²) in [6.45, 7) is 5.39. The molecule has 1 fully saturated rings. The molecule has 2 N–H and O–H groups in total. The molecule has 0 radical (unpaired) electrons. The van der Waals surface area contributed by atoms with Crippen molar-refractivity contribution in [2.24, 2.45) is 11.3 Å². The van der Waals surface area contributed by atoms with Crippen LogP contribution in [0, 0.1) is 11.3 Å². The van der Waals surface area contributed by atoms with Crippen molar-refractivity contribution >= 4 is 5.91 Å². The van der Waals surface area contributed by atoms with Gasteiger partial charge in [-0.05, 0) is 37.5 Å². The molecule has 3 nitrogen and oxygen atoms in total. The van der Waals surface area contributed by atoms with Crippen molar-refractivity contribution in [3.63, 3.8) is 0 Å². The van der Waals surface area contributed by atoms with Gasteiger partial charge in [0.05, 0.1) is 0 Å². The third-order valence-electron chi connectivity index (χ3n) is 3.71. The van der Waals surface area contributed by atoms with Crippen LogP contribution in [0.25, 0.3) is 0 Å². The Morgan fingerprint density at radius 1 is 1.38 bits per heavy atom. The number of aliphatic hydroxyl groups is 1. The third-order valence-corrected chi connectivity index (χ3v) is 3.71. The van der Waals surface area contributed by atoms with Crippen LogP contribution in [0.5, 0.6) is 0 Å². The van der Waals surface area contributed by atoms with Crippen LogP contribution < -0.4 is 5.32 Å². The number of aliphatic hydroxyl groups excluding tert-OH is 1. The maximum absolute atomic E-state index is 11.9. The van der Waals surface area contributed by atoms with E-state index < -0.39 is 0 Å². The van der Waals surface area contributed by atoms with Crippen molar-refractivity contribution in [2.45, 2.75) is 52.4 Å². The number of nitrogens with one attached hydrogen (secondary N) is 1. The predicted octanol–water partition coefficient (Wildman–Crippen LogP) is 2.09. The first-order chi connectivity index (χ1) is 7.58. The molecule has 1 aliphatic carbocycles. The monoisotopic (exact) mass is 227 g/mol. The molecule has 0 aromatic heterocycles. The molecule has 0 aliphatic heterocycles. The Morgan fingerprint density at radius 2 is 2.12 bits per heavy atom. The molecule has 3 heteroatoms.